The Bertz CT molecular complexity index is 1140. The zero-order chi connectivity index (χ0) is 28.1. The number of nitrogens with zero attached hydrogens (tertiary/aromatic N) is 3. The number of nitrogens with one attached hydrogen (secondary N) is 1. The summed E-state index contributed by atoms with van der Waals surface area (Å²) in [4.78, 5) is 21.7. The molecule has 4 rings (SSSR count). The number of carboxylic acid groups (broad SMARTS) is 1. The summed E-state index contributed by atoms with van der Waals surface area (Å²) in [5, 5.41) is 13.7. The molecule has 1 aromatic carbocycles. The van der Waals surface area contributed by atoms with Gasteiger partial charge < -0.3 is 20.1 Å². The van der Waals surface area contributed by atoms with Gasteiger partial charge in [0.05, 0.1) is 7.11 Å². The fourth-order valence-electron chi connectivity index (χ4n) is 6.26. The number of pyridine rings is 1. The lowest BCUT2D eigenvalue weighted by Crippen LogP contribution is -2.44. The molecule has 2 aromatic rings. The molecule has 0 saturated carbocycles. The van der Waals surface area contributed by atoms with Gasteiger partial charge in [-0.3, -0.25) is 9.69 Å². The first-order valence-electron chi connectivity index (χ1n) is 14.5. The summed E-state index contributed by atoms with van der Waals surface area (Å²) in [6.07, 6.45) is 7.46. The monoisotopic (exact) mass is 540 g/mol. The van der Waals surface area contributed by atoms with Gasteiger partial charge in [-0.1, -0.05) is 26.3 Å². The molecule has 2 N–H and O–H groups in total. The number of methoxy groups -OCH3 is 1. The van der Waals surface area contributed by atoms with Gasteiger partial charge in [-0.25, -0.2) is 9.37 Å². The van der Waals surface area contributed by atoms with Gasteiger partial charge in [0.2, 0.25) is 0 Å². The summed E-state index contributed by atoms with van der Waals surface area (Å²) in [6, 6.07) is 6.95. The van der Waals surface area contributed by atoms with Crippen molar-refractivity contribution in [3.05, 3.63) is 52.5 Å². The SMILES string of the molecule is COc1c(F)cc(C(C)C)cc1[C@@H](C(=O)O)N1CC[C@H](N(C)CCCCCc2ccc3c(n2)NCCC3)[C@@H]1C. The van der Waals surface area contributed by atoms with E-state index in [1.54, 1.807) is 0 Å². The van der Waals surface area contributed by atoms with Gasteiger partial charge in [0.1, 0.15) is 11.9 Å². The van der Waals surface area contributed by atoms with Gasteiger partial charge in [0, 0.05) is 36.4 Å². The first-order chi connectivity index (χ1) is 18.7. The highest BCUT2D eigenvalue weighted by molar-refractivity contribution is 5.77. The second kappa shape index (κ2) is 13.1. The molecule has 7 nitrogen and oxygen atoms in total. The van der Waals surface area contributed by atoms with E-state index in [0.717, 1.165) is 68.7 Å². The number of fused-ring (bicyclic) bond motifs is 1. The number of halogens is 1. The average molecular weight is 541 g/mol. The van der Waals surface area contributed by atoms with Crippen LogP contribution in [0, 0.1) is 5.82 Å². The molecule has 0 radical (unpaired) electrons. The maximum absolute atomic E-state index is 14.9. The van der Waals surface area contributed by atoms with Crippen LogP contribution < -0.4 is 10.1 Å². The predicted octanol–water partition coefficient (Wildman–Crippen LogP) is 5.64. The Labute approximate surface area is 232 Å². The number of ether oxygens (including phenoxy) is 1. The van der Waals surface area contributed by atoms with Crippen molar-refractivity contribution in [2.45, 2.75) is 89.8 Å². The number of rotatable bonds is 12. The molecule has 0 aliphatic carbocycles. The summed E-state index contributed by atoms with van der Waals surface area (Å²) in [6.45, 7) is 8.65. The van der Waals surface area contributed by atoms with Crippen molar-refractivity contribution in [3.63, 3.8) is 0 Å². The smallest absolute Gasteiger partial charge is 0.325 e. The summed E-state index contributed by atoms with van der Waals surface area (Å²) in [5.74, 6) is -0.315. The number of aliphatic carboxylic acids is 1. The van der Waals surface area contributed by atoms with E-state index in [2.05, 4.69) is 36.3 Å². The quantitative estimate of drug-likeness (QED) is 0.337. The molecule has 1 saturated heterocycles. The number of likely N-dealkylation sites (tertiary alicyclic amines) is 1. The van der Waals surface area contributed by atoms with Crippen LogP contribution in [0.25, 0.3) is 0 Å². The lowest BCUT2D eigenvalue weighted by Gasteiger charge is -2.34. The predicted molar refractivity (Wildman–Crippen MR) is 153 cm³/mol. The van der Waals surface area contributed by atoms with Crippen LogP contribution in [0.15, 0.2) is 24.3 Å². The third kappa shape index (κ3) is 6.72. The summed E-state index contributed by atoms with van der Waals surface area (Å²) in [5.41, 5.74) is 3.66. The lowest BCUT2D eigenvalue weighted by molar-refractivity contribution is -0.144. The van der Waals surface area contributed by atoms with Gasteiger partial charge in [-0.2, -0.15) is 0 Å². The van der Waals surface area contributed by atoms with Crippen LogP contribution in [0.1, 0.15) is 87.2 Å². The lowest BCUT2D eigenvalue weighted by atomic mass is 9.95. The fourth-order valence-corrected chi connectivity index (χ4v) is 6.26. The zero-order valence-electron chi connectivity index (χ0n) is 24.2. The first-order valence-corrected chi connectivity index (χ1v) is 14.5. The maximum Gasteiger partial charge on any atom is 0.325 e. The van der Waals surface area contributed by atoms with E-state index in [-0.39, 0.29) is 23.8 Å². The zero-order valence-corrected chi connectivity index (χ0v) is 24.2. The Morgan fingerprint density at radius 2 is 2.08 bits per heavy atom. The molecule has 3 heterocycles. The Kier molecular flexibility index (Phi) is 9.83. The molecule has 0 bridgehead atoms. The largest absolute Gasteiger partial charge is 0.493 e. The molecule has 8 heteroatoms. The van der Waals surface area contributed by atoms with E-state index in [0.29, 0.717) is 12.1 Å². The van der Waals surface area contributed by atoms with Gasteiger partial charge in [-0.15, -0.1) is 0 Å². The molecule has 2 aliphatic rings. The number of anilines is 1. The first kappa shape index (κ1) is 29.3. The highest BCUT2D eigenvalue weighted by Crippen LogP contribution is 2.39. The van der Waals surface area contributed by atoms with E-state index in [9.17, 15) is 14.3 Å². The number of likely N-dealkylation sites (N-methyl/N-ethyl adjacent to an activating group) is 1. The van der Waals surface area contributed by atoms with E-state index in [4.69, 9.17) is 9.72 Å². The number of hydrogen-bond acceptors (Lipinski definition) is 6. The number of carbonyl (C=O) groups is 1. The molecule has 39 heavy (non-hydrogen) atoms. The van der Waals surface area contributed by atoms with Gasteiger partial charge in [-0.05, 0) is 94.3 Å². The van der Waals surface area contributed by atoms with Crippen molar-refractivity contribution in [2.75, 3.05) is 39.1 Å². The minimum absolute atomic E-state index is 0.0127. The van der Waals surface area contributed by atoms with E-state index in [1.807, 2.05) is 24.8 Å². The Hall–Kier alpha value is -2.71. The van der Waals surface area contributed by atoms with Crippen LogP contribution in [0.4, 0.5) is 10.2 Å². The Morgan fingerprint density at radius 3 is 2.79 bits per heavy atom. The highest BCUT2D eigenvalue weighted by Gasteiger charge is 2.42. The van der Waals surface area contributed by atoms with Crippen molar-refractivity contribution in [2.24, 2.45) is 0 Å². The van der Waals surface area contributed by atoms with Gasteiger partial charge >= 0.3 is 5.97 Å². The Morgan fingerprint density at radius 1 is 1.28 bits per heavy atom. The molecule has 1 fully saturated rings. The second-order valence-corrected chi connectivity index (χ2v) is 11.5. The summed E-state index contributed by atoms with van der Waals surface area (Å²) >= 11 is 0. The van der Waals surface area contributed by atoms with Crippen molar-refractivity contribution in [1.82, 2.24) is 14.8 Å². The average Bonchev–Trinajstić information content (AvgIpc) is 3.28. The number of aromatic nitrogens is 1. The van der Waals surface area contributed by atoms with Crippen molar-refractivity contribution >= 4 is 11.8 Å². The van der Waals surface area contributed by atoms with Crippen LogP contribution in [0.2, 0.25) is 0 Å². The molecule has 214 valence electrons. The van der Waals surface area contributed by atoms with Crippen LogP contribution in [0.3, 0.4) is 0 Å². The number of carboxylic acids is 1. The van der Waals surface area contributed by atoms with E-state index < -0.39 is 17.8 Å². The summed E-state index contributed by atoms with van der Waals surface area (Å²) < 4.78 is 20.3. The molecule has 0 spiro atoms. The highest BCUT2D eigenvalue weighted by atomic mass is 19.1. The minimum atomic E-state index is -0.977. The van der Waals surface area contributed by atoms with Crippen molar-refractivity contribution in [3.8, 4) is 5.75 Å². The van der Waals surface area contributed by atoms with Crippen LogP contribution in [-0.4, -0.2) is 71.7 Å². The third-order valence-corrected chi connectivity index (χ3v) is 8.55. The standard InChI is InChI=1S/C31H45FN4O3/c1-20(2)23-18-25(29(39-5)26(32)19-23)28(31(37)38)36-17-14-27(21(36)3)35(4)16-8-6-7-11-24-13-12-22-10-9-15-33-30(22)34-24/h12-13,18-21,27-28H,6-11,14-17H2,1-5H3,(H,33,34)(H,37,38)/t21-,27-,28-/m0/s1. The topological polar surface area (TPSA) is 77.9 Å². The maximum atomic E-state index is 14.9. The summed E-state index contributed by atoms with van der Waals surface area (Å²) in [7, 11) is 3.54. The van der Waals surface area contributed by atoms with Crippen LogP contribution in [-0.2, 0) is 17.6 Å². The minimum Gasteiger partial charge on any atom is -0.493 e. The number of hydrogen-bond donors (Lipinski definition) is 2. The Balaban J connectivity index is 1.33. The fraction of sp³-hybridized carbons (Fsp3) is 0.613. The van der Waals surface area contributed by atoms with Crippen molar-refractivity contribution < 1.29 is 19.0 Å². The third-order valence-electron chi connectivity index (χ3n) is 8.55. The van der Waals surface area contributed by atoms with E-state index >= 15 is 0 Å². The van der Waals surface area contributed by atoms with Crippen molar-refractivity contribution in [1.29, 1.82) is 0 Å². The molecule has 1 aromatic heterocycles. The molecular weight excluding hydrogens is 495 g/mol. The second-order valence-electron chi connectivity index (χ2n) is 11.5. The van der Waals surface area contributed by atoms with Gasteiger partial charge in [0.15, 0.2) is 11.6 Å². The molecule has 0 amide bonds. The van der Waals surface area contributed by atoms with Gasteiger partial charge in [0.25, 0.3) is 0 Å². The van der Waals surface area contributed by atoms with Crippen LogP contribution >= 0.6 is 0 Å². The molecule has 0 unspecified atom stereocenters. The normalized spacial score (nSPS) is 20.2. The molecule has 3 atom stereocenters. The molecular formula is C31H45FN4O3. The molecule has 2 aliphatic heterocycles. The number of unbranched alkanes of at least 4 members (excludes halogenated alkanes) is 2. The number of aryl methyl sites for hydroxylation is 2. The van der Waals surface area contributed by atoms with Crippen LogP contribution in [0.5, 0.6) is 5.75 Å². The van der Waals surface area contributed by atoms with E-state index in [1.165, 1.54) is 25.2 Å². The number of benzene rings is 1.